The molecular formula is C10H11N5O. The lowest BCUT2D eigenvalue weighted by Gasteiger charge is -2.12. The Morgan fingerprint density at radius 3 is 3.00 bits per heavy atom. The highest BCUT2D eigenvalue weighted by Gasteiger charge is 2.51. The molecule has 16 heavy (non-hydrogen) atoms. The molecule has 2 N–H and O–H groups in total. The molecule has 0 spiro atoms. The number of anilines is 1. The highest BCUT2D eigenvalue weighted by molar-refractivity contribution is 5.81. The Bertz CT molecular complexity index is 565. The predicted octanol–water partition coefficient (Wildman–Crippen LogP) is 0.511. The first kappa shape index (κ1) is 8.46. The van der Waals surface area contributed by atoms with Crippen molar-refractivity contribution < 1.29 is 4.74 Å². The zero-order valence-electron chi connectivity index (χ0n) is 8.58. The van der Waals surface area contributed by atoms with Crippen molar-refractivity contribution in [1.29, 1.82) is 0 Å². The SMILES string of the molecule is Nc1ncnc2c1ncn2[C@H]1CC[C@@H]2O[C@@H]21. The molecule has 0 unspecified atom stereocenters. The number of aromatic nitrogens is 4. The van der Waals surface area contributed by atoms with E-state index in [1.54, 1.807) is 6.33 Å². The van der Waals surface area contributed by atoms with Crippen molar-refractivity contribution in [1.82, 2.24) is 19.5 Å². The molecule has 0 amide bonds. The zero-order chi connectivity index (χ0) is 10.7. The maximum atomic E-state index is 5.76. The van der Waals surface area contributed by atoms with Gasteiger partial charge in [-0.1, -0.05) is 0 Å². The fourth-order valence-electron chi connectivity index (χ4n) is 2.64. The Labute approximate surface area is 91.5 Å². The second-order valence-corrected chi connectivity index (χ2v) is 4.37. The molecule has 4 rings (SSSR count). The van der Waals surface area contributed by atoms with E-state index in [1.165, 1.54) is 6.33 Å². The van der Waals surface area contributed by atoms with Crippen molar-refractivity contribution in [3.05, 3.63) is 12.7 Å². The molecule has 82 valence electrons. The molecule has 1 aliphatic carbocycles. The van der Waals surface area contributed by atoms with Crippen LogP contribution in [0.5, 0.6) is 0 Å². The monoisotopic (exact) mass is 217 g/mol. The van der Waals surface area contributed by atoms with Crippen LogP contribution in [0.4, 0.5) is 5.82 Å². The second kappa shape index (κ2) is 2.70. The first-order valence-electron chi connectivity index (χ1n) is 5.43. The third-order valence-electron chi connectivity index (χ3n) is 3.49. The van der Waals surface area contributed by atoms with Gasteiger partial charge in [0.15, 0.2) is 11.5 Å². The van der Waals surface area contributed by atoms with Crippen LogP contribution in [0.25, 0.3) is 11.2 Å². The molecule has 6 heteroatoms. The van der Waals surface area contributed by atoms with Gasteiger partial charge < -0.3 is 15.0 Å². The number of imidazole rings is 1. The molecule has 1 saturated heterocycles. The number of ether oxygens (including phenoxy) is 1. The molecule has 3 atom stereocenters. The van der Waals surface area contributed by atoms with E-state index >= 15 is 0 Å². The minimum Gasteiger partial charge on any atom is -0.382 e. The van der Waals surface area contributed by atoms with Crippen LogP contribution in [-0.2, 0) is 4.74 Å². The average molecular weight is 217 g/mol. The van der Waals surface area contributed by atoms with Gasteiger partial charge in [0.05, 0.1) is 18.5 Å². The minimum atomic E-state index is 0.355. The maximum Gasteiger partial charge on any atom is 0.165 e. The molecule has 0 aromatic carbocycles. The van der Waals surface area contributed by atoms with E-state index in [0.29, 0.717) is 29.6 Å². The Morgan fingerprint density at radius 1 is 1.31 bits per heavy atom. The van der Waals surface area contributed by atoms with Crippen molar-refractivity contribution in [2.75, 3.05) is 5.73 Å². The number of hydrogen-bond donors (Lipinski definition) is 1. The molecule has 2 aliphatic rings. The summed E-state index contributed by atoms with van der Waals surface area (Å²) >= 11 is 0. The van der Waals surface area contributed by atoms with Crippen molar-refractivity contribution in [2.24, 2.45) is 0 Å². The highest BCUT2D eigenvalue weighted by Crippen LogP contribution is 2.46. The summed E-state index contributed by atoms with van der Waals surface area (Å²) in [5.41, 5.74) is 7.26. The first-order valence-corrected chi connectivity index (χ1v) is 5.43. The molecule has 3 heterocycles. The van der Waals surface area contributed by atoms with Crippen LogP contribution in [0.15, 0.2) is 12.7 Å². The molecule has 0 bridgehead atoms. The van der Waals surface area contributed by atoms with Gasteiger partial charge in [-0.2, -0.15) is 0 Å². The van der Waals surface area contributed by atoms with Crippen molar-refractivity contribution in [3.8, 4) is 0 Å². The summed E-state index contributed by atoms with van der Waals surface area (Å²) in [4.78, 5) is 12.5. The largest absolute Gasteiger partial charge is 0.382 e. The summed E-state index contributed by atoms with van der Waals surface area (Å²) in [6.07, 6.45) is 6.36. The summed E-state index contributed by atoms with van der Waals surface area (Å²) in [5.74, 6) is 0.440. The second-order valence-electron chi connectivity index (χ2n) is 4.37. The van der Waals surface area contributed by atoms with E-state index < -0.39 is 0 Å². The number of fused-ring (bicyclic) bond motifs is 2. The smallest absolute Gasteiger partial charge is 0.165 e. The Hall–Kier alpha value is -1.69. The lowest BCUT2D eigenvalue weighted by atomic mass is 10.2. The summed E-state index contributed by atoms with van der Waals surface area (Å²) < 4.78 is 7.62. The summed E-state index contributed by atoms with van der Waals surface area (Å²) in [5, 5.41) is 0. The fourth-order valence-corrected chi connectivity index (χ4v) is 2.64. The van der Waals surface area contributed by atoms with Gasteiger partial charge in [0.25, 0.3) is 0 Å². The maximum absolute atomic E-state index is 5.76. The third kappa shape index (κ3) is 0.969. The van der Waals surface area contributed by atoms with E-state index in [9.17, 15) is 0 Å². The molecule has 2 aromatic rings. The van der Waals surface area contributed by atoms with Crippen molar-refractivity contribution >= 4 is 17.0 Å². The van der Waals surface area contributed by atoms with E-state index in [0.717, 1.165) is 18.5 Å². The lowest BCUT2D eigenvalue weighted by molar-refractivity contribution is 0.268. The van der Waals surface area contributed by atoms with Gasteiger partial charge in [-0.05, 0) is 12.8 Å². The molecule has 1 aliphatic heterocycles. The van der Waals surface area contributed by atoms with Crippen LogP contribution in [0.3, 0.4) is 0 Å². The standard InChI is InChI=1S/C10H11N5O/c11-9-7-10(13-3-12-9)15(4-14-7)5-1-2-6-8(5)16-6/h3-6,8H,1-2H2,(H2,11,12,13)/t5-,6-,8+/m0/s1. The zero-order valence-corrected chi connectivity index (χ0v) is 8.58. The van der Waals surface area contributed by atoms with Crippen LogP contribution < -0.4 is 5.73 Å². The highest BCUT2D eigenvalue weighted by atomic mass is 16.6. The van der Waals surface area contributed by atoms with Crippen LogP contribution in [-0.4, -0.2) is 31.7 Å². The van der Waals surface area contributed by atoms with Gasteiger partial charge in [-0.3, -0.25) is 0 Å². The van der Waals surface area contributed by atoms with Crippen LogP contribution in [0.1, 0.15) is 18.9 Å². The predicted molar refractivity (Wildman–Crippen MR) is 56.7 cm³/mol. The van der Waals surface area contributed by atoms with E-state index in [4.69, 9.17) is 10.5 Å². The van der Waals surface area contributed by atoms with Crippen molar-refractivity contribution in [3.63, 3.8) is 0 Å². The normalized spacial score (nSPS) is 31.9. The van der Waals surface area contributed by atoms with Crippen LogP contribution in [0, 0.1) is 0 Å². The summed E-state index contributed by atoms with van der Waals surface area (Å²) in [7, 11) is 0. The van der Waals surface area contributed by atoms with Gasteiger partial charge in [0.2, 0.25) is 0 Å². The summed E-state index contributed by atoms with van der Waals surface area (Å²) in [6, 6.07) is 0.365. The van der Waals surface area contributed by atoms with Crippen molar-refractivity contribution in [2.45, 2.75) is 31.1 Å². The molecule has 6 nitrogen and oxygen atoms in total. The number of nitrogens with two attached hydrogens (primary N) is 1. The first-order chi connectivity index (χ1) is 7.84. The Kier molecular flexibility index (Phi) is 1.43. The van der Waals surface area contributed by atoms with Crippen LogP contribution in [0.2, 0.25) is 0 Å². The molecule has 2 aromatic heterocycles. The van der Waals surface area contributed by atoms with Gasteiger partial charge in [0.1, 0.15) is 17.9 Å². The van der Waals surface area contributed by atoms with E-state index in [2.05, 4.69) is 19.5 Å². The molecular weight excluding hydrogens is 206 g/mol. The summed E-state index contributed by atoms with van der Waals surface area (Å²) in [6.45, 7) is 0. The van der Waals surface area contributed by atoms with E-state index in [-0.39, 0.29) is 0 Å². The molecule has 1 saturated carbocycles. The lowest BCUT2D eigenvalue weighted by Crippen LogP contribution is -2.11. The quantitative estimate of drug-likeness (QED) is 0.704. The number of hydrogen-bond acceptors (Lipinski definition) is 5. The van der Waals surface area contributed by atoms with E-state index in [1.807, 2.05) is 0 Å². The Balaban J connectivity index is 1.88. The van der Waals surface area contributed by atoms with Crippen LogP contribution >= 0.6 is 0 Å². The average Bonchev–Trinajstić information content (AvgIpc) is 2.75. The Morgan fingerprint density at radius 2 is 2.25 bits per heavy atom. The van der Waals surface area contributed by atoms with Gasteiger partial charge in [0, 0.05) is 0 Å². The third-order valence-corrected chi connectivity index (χ3v) is 3.49. The minimum absolute atomic E-state index is 0.355. The number of rotatable bonds is 1. The van der Waals surface area contributed by atoms with Gasteiger partial charge in [-0.15, -0.1) is 0 Å². The fraction of sp³-hybridized carbons (Fsp3) is 0.500. The van der Waals surface area contributed by atoms with Gasteiger partial charge in [-0.25, -0.2) is 15.0 Å². The topological polar surface area (TPSA) is 82.2 Å². The number of nitrogens with zero attached hydrogens (tertiary/aromatic N) is 4. The van der Waals surface area contributed by atoms with Gasteiger partial charge >= 0.3 is 0 Å². The molecule has 2 fully saturated rings. The number of epoxide rings is 1. The molecule has 0 radical (unpaired) electrons. The number of nitrogen functional groups attached to an aromatic ring is 1.